The van der Waals surface area contributed by atoms with Crippen molar-refractivity contribution in [2.24, 2.45) is 0 Å². The molecule has 114 valence electrons. The Kier molecular flexibility index (Phi) is 5.99. The summed E-state index contributed by atoms with van der Waals surface area (Å²) in [6.45, 7) is 6.60. The number of anilines is 1. The molecule has 21 heavy (non-hydrogen) atoms. The average molecular weight is 289 g/mol. The molecule has 6 nitrogen and oxygen atoms in total. The number of imidazole rings is 1. The molecule has 0 spiro atoms. The first-order valence-electron chi connectivity index (χ1n) is 7.52. The largest absolute Gasteiger partial charge is 0.478 e. The van der Waals surface area contributed by atoms with E-state index in [4.69, 9.17) is 4.74 Å². The van der Waals surface area contributed by atoms with Crippen LogP contribution < -0.4 is 10.1 Å². The zero-order chi connectivity index (χ0) is 14.9. The summed E-state index contributed by atoms with van der Waals surface area (Å²) in [5, 5.41) is 3.33. The van der Waals surface area contributed by atoms with Crippen LogP contribution in [0.15, 0.2) is 24.8 Å². The normalized spacial score (nSPS) is 10.6. The zero-order valence-corrected chi connectivity index (χ0v) is 12.7. The fourth-order valence-corrected chi connectivity index (χ4v) is 1.90. The molecule has 0 unspecified atom stereocenters. The Morgan fingerprint density at radius 2 is 2.19 bits per heavy atom. The molecule has 0 saturated carbocycles. The molecule has 0 aliphatic heterocycles. The van der Waals surface area contributed by atoms with Crippen LogP contribution >= 0.6 is 0 Å². The van der Waals surface area contributed by atoms with Gasteiger partial charge in [-0.2, -0.15) is 4.98 Å². The predicted octanol–water partition coefficient (Wildman–Crippen LogP) is 2.53. The minimum atomic E-state index is 0.654. The highest BCUT2D eigenvalue weighted by molar-refractivity contribution is 5.38. The van der Waals surface area contributed by atoms with Crippen molar-refractivity contribution in [1.29, 1.82) is 0 Å². The molecule has 2 heterocycles. The van der Waals surface area contributed by atoms with E-state index in [0.717, 1.165) is 44.0 Å². The van der Waals surface area contributed by atoms with E-state index in [2.05, 4.69) is 31.8 Å². The topological polar surface area (TPSA) is 64.9 Å². The molecule has 0 aliphatic carbocycles. The Morgan fingerprint density at radius 1 is 1.29 bits per heavy atom. The maximum atomic E-state index is 5.60. The van der Waals surface area contributed by atoms with Crippen LogP contribution in [-0.4, -0.2) is 32.7 Å². The highest BCUT2D eigenvalue weighted by Gasteiger charge is 2.04. The summed E-state index contributed by atoms with van der Waals surface area (Å²) in [6.07, 6.45) is 8.37. The molecule has 0 atom stereocenters. The van der Waals surface area contributed by atoms with Gasteiger partial charge in [0.05, 0.1) is 12.9 Å². The molecule has 0 aliphatic rings. The Hall–Kier alpha value is -2.11. The lowest BCUT2D eigenvalue weighted by Crippen LogP contribution is -2.09. The Bertz CT molecular complexity index is 527. The van der Waals surface area contributed by atoms with Gasteiger partial charge in [0.2, 0.25) is 5.88 Å². The van der Waals surface area contributed by atoms with Gasteiger partial charge in [-0.3, -0.25) is 0 Å². The third-order valence-electron chi connectivity index (χ3n) is 2.98. The van der Waals surface area contributed by atoms with Gasteiger partial charge in [-0.05, 0) is 12.8 Å². The fraction of sp³-hybridized carbons (Fsp3) is 0.533. The molecule has 0 radical (unpaired) electrons. The average Bonchev–Trinajstić information content (AvgIpc) is 3.02. The quantitative estimate of drug-likeness (QED) is 0.719. The molecule has 0 aromatic carbocycles. The highest BCUT2D eigenvalue weighted by atomic mass is 16.5. The van der Waals surface area contributed by atoms with Crippen LogP contribution in [0.4, 0.5) is 5.82 Å². The van der Waals surface area contributed by atoms with Crippen molar-refractivity contribution in [2.45, 2.75) is 39.7 Å². The van der Waals surface area contributed by atoms with Crippen LogP contribution in [0.25, 0.3) is 0 Å². The lowest BCUT2D eigenvalue weighted by molar-refractivity contribution is 0.304. The molecule has 6 heteroatoms. The summed E-state index contributed by atoms with van der Waals surface area (Å²) in [5.41, 5.74) is 0. The van der Waals surface area contributed by atoms with Crippen molar-refractivity contribution in [3.63, 3.8) is 0 Å². The molecule has 2 aromatic rings. The third-order valence-corrected chi connectivity index (χ3v) is 2.98. The number of hydrogen-bond donors (Lipinski definition) is 1. The van der Waals surface area contributed by atoms with Gasteiger partial charge in [0.1, 0.15) is 11.6 Å². The second-order valence-corrected chi connectivity index (χ2v) is 4.79. The SMILES string of the molecule is CCCOc1cc(NCCCn2ccnc2)nc(CC)n1. The van der Waals surface area contributed by atoms with Gasteiger partial charge in [0.25, 0.3) is 0 Å². The van der Waals surface area contributed by atoms with Gasteiger partial charge in [-0.25, -0.2) is 9.97 Å². The maximum absolute atomic E-state index is 5.60. The van der Waals surface area contributed by atoms with E-state index >= 15 is 0 Å². The van der Waals surface area contributed by atoms with Crippen LogP contribution in [0.3, 0.4) is 0 Å². The van der Waals surface area contributed by atoms with E-state index in [1.54, 1.807) is 6.20 Å². The monoisotopic (exact) mass is 289 g/mol. The maximum Gasteiger partial charge on any atom is 0.218 e. The summed E-state index contributed by atoms with van der Waals surface area (Å²) >= 11 is 0. The van der Waals surface area contributed by atoms with Crippen LogP contribution in [0, 0.1) is 0 Å². The van der Waals surface area contributed by atoms with Crippen LogP contribution in [0.1, 0.15) is 32.5 Å². The first-order chi connectivity index (χ1) is 10.3. The second-order valence-electron chi connectivity index (χ2n) is 4.79. The van der Waals surface area contributed by atoms with Gasteiger partial charge in [0.15, 0.2) is 0 Å². The van der Waals surface area contributed by atoms with E-state index in [-0.39, 0.29) is 0 Å². The highest BCUT2D eigenvalue weighted by Crippen LogP contribution is 2.14. The molecule has 2 rings (SSSR count). The molecule has 0 amide bonds. The minimum Gasteiger partial charge on any atom is -0.478 e. The molecule has 0 fully saturated rings. The smallest absolute Gasteiger partial charge is 0.218 e. The minimum absolute atomic E-state index is 0.654. The third kappa shape index (κ3) is 5.06. The number of aryl methyl sites for hydroxylation is 2. The summed E-state index contributed by atoms with van der Waals surface area (Å²) in [6, 6.07) is 1.87. The summed E-state index contributed by atoms with van der Waals surface area (Å²) in [5.74, 6) is 2.29. The zero-order valence-electron chi connectivity index (χ0n) is 12.7. The van der Waals surface area contributed by atoms with E-state index in [1.807, 2.05) is 25.5 Å². The number of hydrogen-bond acceptors (Lipinski definition) is 5. The van der Waals surface area contributed by atoms with Gasteiger partial charge in [0, 0.05) is 38.0 Å². The van der Waals surface area contributed by atoms with Crippen molar-refractivity contribution in [1.82, 2.24) is 19.5 Å². The molecular formula is C15H23N5O. The van der Waals surface area contributed by atoms with E-state index in [9.17, 15) is 0 Å². The molecular weight excluding hydrogens is 266 g/mol. The van der Waals surface area contributed by atoms with Crippen molar-refractivity contribution < 1.29 is 4.74 Å². The van der Waals surface area contributed by atoms with Crippen LogP contribution in [-0.2, 0) is 13.0 Å². The first-order valence-corrected chi connectivity index (χ1v) is 7.52. The van der Waals surface area contributed by atoms with Gasteiger partial charge >= 0.3 is 0 Å². The van der Waals surface area contributed by atoms with Crippen LogP contribution in [0.2, 0.25) is 0 Å². The summed E-state index contributed by atoms with van der Waals surface area (Å²) < 4.78 is 7.66. The van der Waals surface area contributed by atoms with Gasteiger partial charge < -0.3 is 14.6 Å². The van der Waals surface area contributed by atoms with Crippen LogP contribution in [0.5, 0.6) is 5.88 Å². The number of rotatable bonds is 9. The fourth-order valence-electron chi connectivity index (χ4n) is 1.90. The van der Waals surface area contributed by atoms with E-state index in [1.165, 1.54) is 0 Å². The molecule has 2 aromatic heterocycles. The van der Waals surface area contributed by atoms with Gasteiger partial charge in [-0.1, -0.05) is 13.8 Å². The predicted molar refractivity (Wildman–Crippen MR) is 82.5 cm³/mol. The molecule has 1 N–H and O–H groups in total. The Morgan fingerprint density at radius 3 is 2.90 bits per heavy atom. The standard InChI is InChI=1S/C15H23N5O/c1-3-10-21-15-11-14(18-13(4-2)19-15)17-6-5-8-20-9-7-16-12-20/h7,9,11-12H,3-6,8,10H2,1-2H3,(H,17,18,19). The van der Waals surface area contributed by atoms with Crippen molar-refractivity contribution >= 4 is 5.82 Å². The second kappa shape index (κ2) is 8.24. The van der Waals surface area contributed by atoms with E-state index in [0.29, 0.717) is 12.5 Å². The lowest BCUT2D eigenvalue weighted by atomic mass is 10.4. The Balaban J connectivity index is 1.85. The number of nitrogens with zero attached hydrogens (tertiary/aromatic N) is 4. The number of ether oxygens (including phenoxy) is 1. The first kappa shape index (κ1) is 15.3. The lowest BCUT2D eigenvalue weighted by Gasteiger charge is -2.10. The van der Waals surface area contributed by atoms with Crippen molar-refractivity contribution in [2.75, 3.05) is 18.5 Å². The van der Waals surface area contributed by atoms with Crippen molar-refractivity contribution in [3.05, 3.63) is 30.6 Å². The molecule has 0 bridgehead atoms. The molecule has 0 saturated heterocycles. The summed E-state index contributed by atoms with van der Waals surface area (Å²) in [4.78, 5) is 12.9. The van der Waals surface area contributed by atoms with E-state index < -0.39 is 0 Å². The number of nitrogens with one attached hydrogen (secondary N) is 1. The van der Waals surface area contributed by atoms with Gasteiger partial charge in [-0.15, -0.1) is 0 Å². The number of aromatic nitrogens is 4. The Labute approximate surface area is 125 Å². The summed E-state index contributed by atoms with van der Waals surface area (Å²) in [7, 11) is 0. The van der Waals surface area contributed by atoms with Crippen molar-refractivity contribution in [3.8, 4) is 5.88 Å².